The van der Waals surface area contributed by atoms with Crippen molar-refractivity contribution in [2.45, 2.75) is 13.0 Å². The number of pyridine rings is 1. The first kappa shape index (κ1) is 14.4. The third-order valence-electron chi connectivity index (χ3n) is 4.14. The molecule has 8 heteroatoms. The molecule has 4 N–H and O–H groups in total. The van der Waals surface area contributed by atoms with Gasteiger partial charge in [-0.1, -0.05) is 6.07 Å². The first-order chi connectivity index (χ1) is 11.7. The second-order valence-corrected chi connectivity index (χ2v) is 5.71. The molecule has 1 aliphatic rings. The fraction of sp³-hybridized carbons (Fsp3) is 0.250. The van der Waals surface area contributed by atoms with Crippen LogP contribution in [0.3, 0.4) is 0 Å². The van der Waals surface area contributed by atoms with E-state index in [-0.39, 0.29) is 12.5 Å². The Hall–Kier alpha value is -3.16. The van der Waals surface area contributed by atoms with Crippen molar-refractivity contribution in [1.82, 2.24) is 25.5 Å². The van der Waals surface area contributed by atoms with Crippen LogP contribution in [0.1, 0.15) is 12.0 Å². The van der Waals surface area contributed by atoms with E-state index < -0.39 is 0 Å². The van der Waals surface area contributed by atoms with Gasteiger partial charge in [0.25, 0.3) is 0 Å². The molecule has 24 heavy (non-hydrogen) atoms. The number of rotatable bonds is 3. The van der Waals surface area contributed by atoms with E-state index in [1.807, 2.05) is 18.2 Å². The number of nitrogens with zero attached hydrogens (tertiary/aromatic N) is 4. The van der Waals surface area contributed by atoms with Gasteiger partial charge in [-0.2, -0.15) is 10.2 Å². The van der Waals surface area contributed by atoms with Gasteiger partial charge in [-0.3, -0.25) is 9.48 Å². The van der Waals surface area contributed by atoms with E-state index in [4.69, 9.17) is 5.73 Å². The predicted octanol–water partition coefficient (Wildman–Crippen LogP) is 0.610. The molecule has 4 rings (SSSR count). The molecule has 122 valence electrons. The number of amides is 1. The molecule has 0 fully saturated rings. The Kier molecular flexibility index (Phi) is 3.30. The van der Waals surface area contributed by atoms with E-state index in [9.17, 15) is 4.79 Å². The molecule has 1 aliphatic heterocycles. The Balaban J connectivity index is 1.85. The van der Waals surface area contributed by atoms with Crippen molar-refractivity contribution >= 4 is 39.2 Å². The topological polar surface area (TPSA) is 110 Å². The van der Waals surface area contributed by atoms with Crippen molar-refractivity contribution in [1.29, 1.82) is 0 Å². The summed E-state index contributed by atoms with van der Waals surface area (Å²) in [5, 5.41) is 13.0. The minimum atomic E-state index is -0.118. The first-order valence-electron chi connectivity index (χ1n) is 7.72. The second kappa shape index (κ2) is 5.48. The summed E-state index contributed by atoms with van der Waals surface area (Å²) in [5.41, 5.74) is 12.6. The van der Waals surface area contributed by atoms with Gasteiger partial charge >= 0.3 is 0 Å². The number of fused-ring (bicyclic) bond motifs is 3. The van der Waals surface area contributed by atoms with Gasteiger partial charge in [0.15, 0.2) is 0 Å². The number of anilines is 1. The summed E-state index contributed by atoms with van der Waals surface area (Å²) in [5.74, 6) is 0.289. The molecular weight excluding hydrogens is 306 g/mol. The number of benzene rings is 1. The molecular formula is C16H17N7O. The number of likely N-dealkylation sites (N-methyl/N-ethyl adjacent to an activating group) is 1. The van der Waals surface area contributed by atoms with Crippen molar-refractivity contribution in [2.24, 2.45) is 5.10 Å². The van der Waals surface area contributed by atoms with Crippen LogP contribution >= 0.6 is 0 Å². The average Bonchev–Trinajstić information content (AvgIpc) is 3.24. The molecule has 0 radical (unpaired) electrons. The molecule has 3 aromatic rings. The number of aromatic nitrogens is 3. The van der Waals surface area contributed by atoms with Gasteiger partial charge in [0.1, 0.15) is 17.9 Å². The van der Waals surface area contributed by atoms with E-state index in [0.29, 0.717) is 5.82 Å². The molecule has 0 aliphatic carbocycles. The molecule has 0 saturated carbocycles. The predicted molar refractivity (Wildman–Crippen MR) is 92.7 cm³/mol. The number of carbonyl (C=O) groups excluding carboxylic acids is 1. The highest BCUT2D eigenvalue weighted by Gasteiger charge is 2.15. The molecule has 3 heterocycles. The van der Waals surface area contributed by atoms with E-state index in [1.165, 1.54) is 0 Å². The van der Waals surface area contributed by atoms with Crippen LogP contribution in [0.5, 0.6) is 0 Å². The summed E-state index contributed by atoms with van der Waals surface area (Å²) >= 11 is 0. The van der Waals surface area contributed by atoms with Gasteiger partial charge in [0.05, 0.1) is 16.6 Å². The van der Waals surface area contributed by atoms with Crippen LogP contribution in [0.4, 0.5) is 5.82 Å². The number of hydrazone groups is 1. The van der Waals surface area contributed by atoms with E-state index in [2.05, 4.69) is 25.9 Å². The average molecular weight is 323 g/mol. The zero-order valence-electron chi connectivity index (χ0n) is 13.2. The van der Waals surface area contributed by atoms with Crippen molar-refractivity contribution in [2.75, 3.05) is 19.3 Å². The zero-order chi connectivity index (χ0) is 16.7. The van der Waals surface area contributed by atoms with Crippen molar-refractivity contribution in [3.05, 3.63) is 30.0 Å². The fourth-order valence-corrected chi connectivity index (χ4v) is 2.90. The molecule has 2 aromatic heterocycles. The lowest BCUT2D eigenvalue weighted by Crippen LogP contribution is -2.23. The van der Waals surface area contributed by atoms with Crippen LogP contribution in [0, 0.1) is 0 Å². The fourth-order valence-electron chi connectivity index (χ4n) is 2.90. The third kappa shape index (κ3) is 2.32. The van der Waals surface area contributed by atoms with Gasteiger partial charge in [-0.25, -0.2) is 4.98 Å². The quantitative estimate of drug-likeness (QED) is 0.654. The standard InChI is InChI=1S/C16H17N7O/c1-18-14(24)8-23-7-11-15(22-23)10-3-2-9(12-4-5-19-21-12)6-13(10)20-16(11)17/h2-3,6-7,19H,4-5,8H2,1H3,(H2,17,20)(H,18,24). The van der Waals surface area contributed by atoms with Crippen LogP contribution in [-0.4, -0.2) is 40.0 Å². The van der Waals surface area contributed by atoms with Gasteiger partial charge < -0.3 is 16.5 Å². The first-order valence-corrected chi connectivity index (χ1v) is 7.72. The molecule has 0 atom stereocenters. The number of nitrogens with two attached hydrogens (primary N) is 1. The maximum Gasteiger partial charge on any atom is 0.241 e. The summed E-state index contributed by atoms with van der Waals surface area (Å²) in [6.45, 7) is 0.999. The molecule has 0 bridgehead atoms. The molecule has 0 saturated heterocycles. The van der Waals surface area contributed by atoms with E-state index in [0.717, 1.165) is 46.0 Å². The summed E-state index contributed by atoms with van der Waals surface area (Å²) < 4.78 is 1.58. The number of carbonyl (C=O) groups is 1. The Bertz CT molecular complexity index is 989. The highest BCUT2D eigenvalue weighted by Crippen LogP contribution is 2.28. The highest BCUT2D eigenvalue weighted by atomic mass is 16.1. The number of nitrogens with one attached hydrogen (secondary N) is 2. The van der Waals surface area contributed by atoms with Crippen LogP contribution in [-0.2, 0) is 11.3 Å². The number of hydrogen-bond acceptors (Lipinski definition) is 6. The zero-order valence-corrected chi connectivity index (χ0v) is 13.2. The van der Waals surface area contributed by atoms with Gasteiger partial charge in [0, 0.05) is 31.6 Å². The highest BCUT2D eigenvalue weighted by molar-refractivity contribution is 6.10. The summed E-state index contributed by atoms with van der Waals surface area (Å²) in [6.07, 6.45) is 2.65. The maximum atomic E-state index is 11.6. The van der Waals surface area contributed by atoms with Crippen molar-refractivity contribution in [3.63, 3.8) is 0 Å². The summed E-state index contributed by atoms with van der Waals surface area (Å²) in [6, 6.07) is 5.98. The van der Waals surface area contributed by atoms with Gasteiger partial charge in [-0.05, 0) is 17.7 Å². The summed E-state index contributed by atoms with van der Waals surface area (Å²) in [7, 11) is 1.60. The maximum absolute atomic E-state index is 11.6. The lowest BCUT2D eigenvalue weighted by molar-refractivity contribution is -0.121. The Labute approximate surface area is 137 Å². The van der Waals surface area contributed by atoms with Crippen LogP contribution in [0.25, 0.3) is 21.8 Å². The van der Waals surface area contributed by atoms with E-state index >= 15 is 0 Å². The Morgan fingerprint density at radius 2 is 2.29 bits per heavy atom. The third-order valence-corrected chi connectivity index (χ3v) is 4.14. The summed E-state index contributed by atoms with van der Waals surface area (Å²) in [4.78, 5) is 16.1. The number of nitrogen functional groups attached to an aromatic ring is 1. The largest absolute Gasteiger partial charge is 0.383 e. The molecule has 8 nitrogen and oxygen atoms in total. The molecule has 0 spiro atoms. The van der Waals surface area contributed by atoms with Crippen LogP contribution in [0.2, 0.25) is 0 Å². The molecule has 0 unspecified atom stereocenters. The molecule has 1 aromatic carbocycles. The van der Waals surface area contributed by atoms with Gasteiger partial charge in [0.2, 0.25) is 5.91 Å². The normalized spacial score (nSPS) is 14.0. The van der Waals surface area contributed by atoms with Crippen LogP contribution in [0.15, 0.2) is 29.5 Å². The van der Waals surface area contributed by atoms with Gasteiger partial charge in [-0.15, -0.1) is 0 Å². The lowest BCUT2D eigenvalue weighted by Gasteiger charge is -2.04. The Morgan fingerprint density at radius 3 is 3.04 bits per heavy atom. The SMILES string of the molecule is CNC(=O)Cn1cc2c(N)nc3cc(C4=NNCC4)ccc3c2n1. The van der Waals surface area contributed by atoms with Crippen molar-refractivity contribution in [3.8, 4) is 0 Å². The Morgan fingerprint density at radius 1 is 1.42 bits per heavy atom. The molecule has 1 amide bonds. The van der Waals surface area contributed by atoms with Crippen molar-refractivity contribution < 1.29 is 4.79 Å². The second-order valence-electron chi connectivity index (χ2n) is 5.71. The smallest absolute Gasteiger partial charge is 0.241 e. The minimum Gasteiger partial charge on any atom is -0.383 e. The number of hydrogen-bond donors (Lipinski definition) is 3. The minimum absolute atomic E-state index is 0.118. The van der Waals surface area contributed by atoms with E-state index in [1.54, 1.807) is 17.9 Å². The lowest BCUT2D eigenvalue weighted by atomic mass is 10.0. The monoisotopic (exact) mass is 323 g/mol. The van der Waals surface area contributed by atoms with Crippen LogP contribution < -0.4 is 16.5 Å².